The maximum atomic E-state index is 12.9. The third-order valence-electron chi connectivity index (χ3n) is 3.90. The normalized spacial score (nSPS) is 24.4. The molecule has 0 spiro atoms. The fourth-order valence-electron chi connectivity index (χ4n) is 2.50. The third-order valence-corrected chi connectivity index (χ3v) is 3.90. The summed E-state index contributed by atoms with van der Waals surface area (Å²) in [7, 11) is 1.34. The zero-order valence-corrected chi connectivity index (χ0v) is 13.7. The van der Waals surface area contributed by atoms with Crippen LogP contribution in [0.1, 0.15) is 35.7 Å². The van der Waals surface area contributed by atoms with E-state index in [9.17, 15) is 19.5 Å². The first-order valence-corrected chi connectivity index (χ1v) is 7.40. The molecule has 0 aromatic heterocycles. The summed E-state index contributed by atoms with van der Waals surface area (Å²) in [5.41, 5.74) is 4.01. The second-order valence-electron chi connectivity index (χ2n) is 5.79. The number of methoxy groups -OCH3 is 1. The number of aryl methyl sites for hydroxylation is 1. The molecule has 0 aliphatic carbocycles. The van der Waals surface area contributed by atoms with Gasteiger partial charge in [-0.25, -0.2) is 0 Å². The van der Waals surface area contributed by atoms with Crippen LogP contribution in [0.5, 0.6) is 11.5 Å². The van der Waals surface area contributed by atoms with Gasteiger partial charge < -0.3 is 25.6 Å². The average molecular weight is 336 g/mol. The Labute approximate surface area is 138 Å². The summed E-state index contributed by atoms with van der Waals surface area (Å²) < 4.78 is 10.2. The number of ether oxygens (including phenoxy) is 2. The number of nitrogens with two attached hydrogens (primary N) is 1. The Hall–Kier alpha value is -2.61. The van der Waals surface area contributed by atoms with E-state index in [2.05, 4.69) is 5.32 Å². The molecule has 1 fully saturated rings. The first-order valence-electron chi connectivity index (χ1n) is 7.40. The summed E-state index contributed by atoms with van der Waals surface area (Å²) in [6, 6.07) is 2.08. The van der Waals surface area contributed by atoms with Crippen molar-refractivity contribution >= 4 is 17.7 Å². The van der Waals surface area contributed by atoms with Crippen LogP contribution in [0, 0.1) is 6.92 Å². The Kier molecular flexibility index (Phi) is 4.79. The molecule has 1 aromatic rings. The van der Waals surface area contributed by atoms with Crippen LogP contribution in [0.15, 0.2) is 12.1 Å². The van der Waals surface area contributed by atoms with Crippen LogP contribution < -0.4 is 15.8 Å². The molecule has 1 saturated heterocycles. The fraction of sp³-hybridized carbons (Fsp3) is 0.438. The quantitative estimate of drug-likeness (QED) is 0.538. The summed E-state index contributed by atoms with van der Waals surface area (Å²) >= 11 is 0. The highest BCUT2D eigenvalue weighted by Crippen LogP contribution is 2.35. The molecule has 0 radical (unpaired) electrons. The number of ketones is 1. The van der Waals surface area contributed by atoms with Crippen molar-refractivity contribution < 1.29 is 29.0 Å². The largest absolute Gasteiger partial charge is 0.504 e. The topological polar surface area (TPSA) is 128 Å². The highest BCUT2D eigenvalue weighted by Gasteiger charge is 2.44. The molecular formula is C16H20N2O6. The zero-order chi connectivity index (χ0) is 18.1. The van der Waals surface area contributed by atoms with E-state index >= 15 is 0 Å². The number of carbonyl (C=O) groups is 3. The molecule has 1 aliphatic heterocycles. The predicted molar refractivity (Wildman–Crippen MR) is 83.6 cm³/mol. The predicted octanol–water partition coefficient (Wildman–Crippen LogP) is 0.389. The monoisotopic (exact) mass is 336 g/mol. The van der Waals surface area contributed by atoms with Crippen LogP contribution in [-0.2, 0) is 14.3 Å². The van der Waals surface area contributed by atoms with Gasteiger partial charge in [0, 0.05) is 13.3 Å². The molecule has 130 valence electrons. The highest BCUT2D eigenvalue weighted by molar-refractivity contribution is 6.08. The lowest BCUT2D eigenvalue weighted by molar-refractivity contribution is -0.162. The Morgan fingerprint density at radius 2 is 2.12 bits per heavy atom. The SMILES string of the molecule is COc1ccc(C)c(C(=O)[C@@]2(C)NC(=O)CC[C@H](N)C(=O)O2)c1O. The van der Waals surface area contributed by atoms with E-state index in [1.165, 1.54) is 20.1 Å². The van der Waals surface area contributed by atoms with Gasteiger partial charge in [-0.2, -0.15) is 0 Å². The number of hydrogen-bond acceptors (Lipinski definition) is 7. The van der Waals surface area contributed by atoms with E-state index in [1.54, 1.807) is 13.0 Å². The smallest absolute Gasteiger partial charge is 0.325 e. The minimum absolute atomic E-state index is 0.0117. The van der Waals surface area contributed by atoms with Gasteiger partial charge in [0.05, 0.1) is 12.7 Å². The minimum Gasteiger partial charge on any atom is -0.504 e. The fourth-order valence-corrected chi connectivity index (χ4v) is 2.50. The van der Waals surface area contributed by atoms with Crippen molar-refractivity contribution in [3.63, 3.8) is 0 Å². The lowest BCUT2D eigenvalue weighted by atomic mass is 9.95. The van der Waals surface area contributed by atoms with Crippen LogP contribution >= 0.6 is 0 Å². The van der Waals surface area contributed by atoms with Gasteiger partial charge in [0.15, 0.2) is 11.5 Å². The van der Waals surface area contributed by atoms with Gasteiger partial charge in [0.1, 0.15) is 6.04 Å². The van der Waals surface area contributed by atoms with Crippen molar-refractivity contribution in [1.82, 2.24) is 5.32 Å². The number of esters is 1. The number of cyclic esters (lactones) is 1. The Bertz CT molecular complexity index is 702. The number of aromatic hydroxyl groups is 1. The summed E-state index contributed by atoms with van der Waals surface area (Å²) in [6.45, 7) is 2.86. The zero-order valence-electron chi connectivity index (χ0n) is 13.7. The van der Waals surface area contributed by atoms with Gasteiger partial charge in [-0.3, -0.25) is 14.4 Å². The van der Waals surface area contributed by atoms with Crippen molar-refractivity contribution in [3.8, 4) is 11.5 Å². The van der Waals surface area contributed by atoms with E-state index in [-0.39, 0.29) is 29.9 Å². The molecular weight excluding hydrogens is 316 g/mol. The van der Waals surface area contributed by atoms with Gasteiger partial charge >= 0.3 is 5.97 Å². The number of Topliss-reactive ketones (excluding diaryl/α,β-unsaturated/α-hetero) is 1. The molecule has 2 atom stereocenters. The lowest BCUT2D eigenvalue weighted by Gasteiger charge is -2.32. The molecule has 1 aromatic carbocycles. The van der Waals surface area contributed by atoms with Crippen LogP contribution in [-0.4, -0.2) is 41.6 Å². The standard InChI is InChI=1S/C16H20N2O6/c1-8-4-6-10(23-3)13(20)12(8)14(21)16(2)18-11(19)7-5-9(17)15(22)24-16/h4,6,9,20H,5,7,17H2,1-3H3,(H,18,19)/t9-,16-/m0/s1. The van der Waals surface area contributed by atoms with Crippen LogP contribution in [0.3, 0.4) is 0 Å². The van der Waals surface area contributed by atoms with Gasteiger partial charge in [-0.05, 0) is 25.0 Å². The summed E-state index contributed by atoms with van der Waals surface area (Å²) in [6.07, 6.45) is 0.112. The van der Waals surface area contributed by atoms with Crippen molar-refractivity contribution in [2.24, 2.45) is 5.73 Å². The third kappa shape index (κ3) is 3.18. The van der Waals surface area contributed by atoms with E-state index in [0.29, 0.717) is 5.56 Å². The molecule has 24 heavy (non-hydrogen) atoms. The van der Waals surface area contributed by atoms with Gasteiger partial charge in [0.2, 0.25) is 17.4 Å². The maximum absolute atomic E-state index is 12.9. The van der Waals surface area contributed by atoms with Gasteiger partial charge in [-0.1, -0.05) is 6.07 Å². The number of phenolic OH excluding ortho intramolecular Hbond substituents is 1. The number of amides is 1. The summed E-state index contributed by atoms with van der Waals surface area (Å²) in [4.78, 5) is 36.9. The first-order chi connectivity index (χ1) is 11.2. The molecule has 8 heteroatoms. The van der Waals surface area contributed by atoms with Crippen molar-refractivity contribution in [3.05, 3.63) is 23.3 Å². The Morgan fingerprint density at radius 1 is 1.46 bits per heavy atom. The lowest BCUT2D eigenvalue weighted by Crippen LogP contribution is -2.58. The van der Waals surface area contributed by atoms with Crippen LogP contribution in [0.4, 0.5) is 0 Å². The van der Waals surface area contributed by atoms with Crippen LogP contribution in [0.2, 0.25) is 0 Å². The van der Waals surface area contributed by atoms with E-state index < -0.39 is 29.4 Å². The van der Waals surface area contributed by atoms with Crippen molar-refractivity contribution in [2.75, 3.05) is 7.11 Å². The van der Waals surface area contributed by atoms with E-state index in [4.69, 9.17) is 15.2 Å². The van der Waals surface area contributed by atoms with E-state index in [0.717, 1.165) is 0 Å². The molecule has 4 N–H and O–H groups in total. The molecule has 1 amide bonds. The number of phenols is 1. The average Bonchev–Trinajstić information content (AvgIpc) is 2.51. The number of nitrogens with one attached hydrogen (secondary N) is 1. The van der Waals surface area contributed by atoms with Crippen LogP contribution in [0.25, 0.3) is 0 Å². The number of rotatable bonds is 3. The Balaban J connectivity index is 2.49. The number of benzene rings is 1. The number of carbonyl (C=O) groups excluding carboxylic acids is 3. The van der Waals surface area contributed by atoms with Crippen molar-refractivity contribution in [1.29, 1.82) is 0 Å². The van der Waals surface area contributed by atoms with Crippen molar-refractivity contribution in [2.45, 2.75) is 38.5 Å². The molecule has 0 saturated carbocycles. The Morgan fingerprint density at radius 3 is 2.75 bits per heavy atom. The first kappa shape index (κ1) is 17.7. The molecule has 0 unspecified atom stereocenters. The van der Waals surface area contributed by atoms with Gasteiger partial charge in [0.25, 0.3) is 0 Å². The molecule has 1 heterocycles. The second kappa shape index (κ2) is 6.48. The van der Waals surface area contributed by atoms with Gasteiger partial charge in [-0.15, -0.1) is 0 Å². The molecule has 8 nitrogen and oxygen atoms in total. The molecule has 2 rings (SSSR count). The second-order valence-corrected chi connectivity index (χ2v) is 5.79. The molecule has 1 aliphatic rings. The highest BCUT2D eigenvalue weighted by atomic mass is 16.6. The maximum Gasteiger partial charge on any atom is 0.325 e. The minimum atomic E-state index is -1.97. The molecule has 0 bridgehead atoms. The van der Waals surface area contributed by atoms with E-state index in [1.807, 2.05) is 0 Å². The summed E-state index contributed by atoms with van der Waals surface area (Å²) in [5.74, 6) is -2.35. The summed E-state index contributed by atoms with van der Waals surface area (Å²) in [5, 5.41) is 12.7. The number of hydrogen-bond donors (Lipinski definition) is 3.